The minimum atomic E-state index is 0.424. The first-order chi connectivity index (χ1) is 9.61. The molecule has 1 aromatic rings. The van der Waals surface area contributed by atoms with E-state index in [1.165, 1.54) is 31.2 Å². The fraction of sp³-hybridized carbons (Fsp3) is 0.647. The van der Waals surface area contributed by atoms with Crippen molar-refractivity contribution >= 4 is 11.6 Å². The minimum absolute atomic E-state index is 0.424. The molecule has 3 atom stereocenters. The molecule has 0 radical (unpaired) electrons. The Morgan fingerprint density at radius 3 is 2.40 bits per heavy atom. The summed E-state index contributed by atoms with van der Waals surface area (Å²) in [7, 11) is 2.22. The van der Waals surface area contributed by atoms with E-state index in [1.807, 2.05) is 12.1 Å². The van der Waals surface area contributed by atoms with Crippen LogP contribution in [0.4, 0.5) is 0 Å². The van der Waals surface area contributed by atoms with Crippen LogP contribution >= 0.6 is 11.6 Å². The Morgan fingerprint density at radius 2 is 1.80 bits per heavy atom. The lowest BCUT2D eigenvalue weighted by Crippen LogP contribution is -2.36. The number of nitrogens with two attached hydrogens (primary N) is 1. The second kappa shape index (κ2) is 7.44. The normalized spacial score (nSPS) is 24.9. The molecule has 0 aliphatic heterocycles. The molecular weight excluding hydrogens is 268 g/mol. The SMILES string of the molecule is CC(c1ccc(Cl)cc1)N(C)CC1CCCCC1CN. The zero-order valence-corrected chi connectivity index (χ0v) is 13.4. The van der Waals surface area contributed by atoms with Crippen molar-refractivity contribution in [1.29, 1.82) is 0 Å². The predicted octanol–water partition coefficient (Wildman–Crippen LogP) is 4.10. The summed E-state index contributed by atoms with van der Waals surface area (Å²) in [4.78, 5) is 2.46. The van der Waals surface area contributed by atoms with Gasteiger partial charge in [-0.25, -0.2) is 0 Å². The largest absolute Gasteiger partial charge is 0.330 e. The Balaban J connectivity index is 1.96. The van der Waals surface area contributed by atoms with Crippen LogP contribution in [-0.4, -0.2) is 25.0 Å². The van der Waals surface area contributed by atoms with Gasteiger partial charge < -0.3 is 5.73 Å². The van der Waals surface area contributed by atoms with E-state index in [-0.39, 0.29) is 0 Å². The van der Waals surface area contributed by atoms with Gasteiger partial charge in [0, 0.05) is 17.6 Å². The van der Waals surface area contributed by atoms with Crippen molar-refractivity contribution in [3.63, 3.8) is 0 Å². The average molecular weight is 295 g/mol. The summed E-state index contributed by atoms with van der Waals surface area (Å²) in [6.45, 7) is 4.25. The van der Waals surface area contributed by atoms with Gasteiger partial charge in [0.25, 0.3) is 0 Å². The fourth-order valence-electron chi connectivity index (χ4n) is 3.36. The lowest BCUT2D eigenvalue weighted by molar-refractivity contribution is 0.148. The summed E-state index contributed by atoms with van der Waals surface area (Å²) >= 11 is 5.96. The fourth-order valence-corrected chi connectivity index (χ4v) is 3.48. The van der Waals surface area contributed by atoms with Gasteiger partial charge >= 0.3 is 0 Å². The third kappa shape index (κ3) is 3.97. The molecule has 0 saturated heterocycles. The average Bonchev–Trinajstić information content (AvgIpc) is 2.48. The molecule has 1 aliphatic carbocycles. The quantitative estimate of drug-likeness (QED) is 0.886. The maximum absolute atomic E-state index is 5.96. The van der Waals surface area contributed by atoms with Gasteiger partial charge in [-0.1, -0.05) is 36.6 Å². The summed E-state index contributed by atoms with van der Waals surface area (Å²) in [5.41, 5.74) is 7.27. The van der Waals surface area contributed by atoms with E-state index in [9.17, 15) is 0 Å². The highest BCUT2D eigenvalue weighted by atomic mass is 35.5. The van der Waals surface area contributed by atoms with Gasteiger partial charge in [-0.2, -0.15) is 0 Å². The molecule has 0 spiro atoms. The van der Waals surface area contributed by atoms with Crippen LogP contribution in [0.15, 0.2) is 24.3 Å². The highest BCUT2D eigenvalue weighted by molar-refractivity contribution is 6.30. The summed E-state index contributed by atoms with van der Waals surface area (Å²) in [5.74, 6) is 1.47. The summed E-state index contributed by atoms with van der Waals surface area (Å²) in [6, 6.07) is 8.64. The molecule has 2 N–H and O–H groups in total. The van der Waals surface area contributed by atoms with Crippen LogP contribution in [0.3, 0.4) is 0 Å². The van der Waals surface area contributed by atoms with Crippen molar-refractivity contribution in [3.8, 4) is 0 Å². The van der Waals surface area contributed by atoms with Crippen molar-refractivity contribution in [1.82, 2.24) is 4.90 Å². The third-order valence-corrected chi connectivity index (χ3v) is 5.16. The van der Waals surface area contributed by atoms with Crippen LogP contribution in [0.2, 0.25) is 5.02 Å². The van der Waals surface area contributed by atoms with Crippen molar-refractivity contribution in [2.45, 2.75) is 38.6 Å². The van der Waals surface area contributed by atoms with E-state index in [1.54, 1.807) is 0 Å². The second-order valence-corrected chi connectivity index (χ2v) is 6.64. The molecule has 3 heteroatoms. The maximum Gasteiger partial charge on any atom is 0.0406 e. The number of nitrogens with zero attached hydrogens (tertiary/aromatic N) is 1. The highest BCUT2D eigenvalue weighted by Gasteiger charge is 2.26. The zero-order valence-electron chi connectivity index (χ0n) is 12.7. The molecule has 112 valence electrons. The number of hydrogen-bond donors (Lipinski definition) is 1. The molecule has 1 saturated carbocycles. The summed E-state index contributed by atoms with van der Waals surface area (Å²) in [5, 5.41) is 0.805. The second-order valence-electron chi connectivity index (χ2n) is 6.21. The molecule has 3 unspecified atom stereocenters. The molecule has 0 amide bonds. The van der Waals surface area contributed by atoms with Gasteiger partial charge in [0.15, 0.2) is 0 Å². The zero-order chi connectivity index (χ0) is 14.5. The molecule has 0 aromatic heterocycles. The van der Waals surface area contributed by atoms with Crippen molar-refractivity contribution < 1.29 is 0 Å². The Hall–Kier alpha value is -0.570. The van der Waals surface area contributed by atoms with Gasteiger partial charge in [-0.05, 0) is 62.9 Å². The van der Waals surface area contributed by atoms with Crippen LogP contribution in [0, 0.1) is 11.8 Å². The molecule has 2 rings (SSSR count). The van der Waals surface area contributed by atoms with E-state index in [0.717, 1.165) is 24.0 Å². The lowest BCUT2D eigenvalue weighted by Gasteiger charge is -2.36. The van der Waals surface area contributed by atoms with Gasteiger partial charge in [0.1, 0.15) is 0 Å². The van der Waals surface area contributed by atoms with Crippen LogP contribution < -0.4 is 5.73 Å². The molecule has 1 fully saturated rings. The van der Waals surface area contributed by atoms with E-state index in [0.29, 0.717) is 12.0 Å². The summed E-state index contributed by atoms with van der Waals surface area (Å²) in [6.07, 6.45) is 5.36. The van der Waals surface area contributed by atoms with E-state index < -0.39 is 0 Å². The Morgan fingerprint density at radius 1 is 1.20 bits per heavy atom. The van der Waals surface area contributed by atoms with E-state index >= 15 is 0 Å². The molecule has 20 heavy (non-hydrogen) atoms. The molecule has 2 nitrogen and oxygen atoms in total. The maximum atomic E-state index is 5.96. The Bertz CT molecular complexity index is 404. The molecule has 1 aliphatic rings. The minimum Gasteiger partial charge on any atom is -0.330 e. The van der Waals surface area contributed by atoms with Gasteiger partial charge in [-0.15, -0.1) is 0 Å². The monoisotopic (exact) mass is 294 g/mol. The molecule has 1 aromatic carbocycles. The van der Waals surface area contributed by atoms with E-state index in [2.05, 4.69) is 31.0 Å². The van der Waals surface area contributed by atoms with Crippen LogP contribution in [0.1, 0.15) is 44.2 Å². The number of rotatable bonds is 5. The number of halogens is 1. The van der Waals surface area contributed by atoms with Crippen LogP contribution in [-0.2, 0) is 0 Å². The van der Waals surface area contributed by atoms with E-state index in [4.69, 9.17) is 17.3 Å². The van der Waals surface area contributed by atoms with Crippen molar-refractivity contribution in [2.24, 2.45) is 17.6 Å². The van der Waals surface area contributed by atoms with Crippen molar-refractivity contribution in [2.75, 3.05) is 20.1 Å². The topological polar surface area (TPSA) is 29.3 Å². The summed E-state index contributed by atoms with van der Waals surface area (Å²) < 4.78 is 0. The van der Waals surface area contributed by atoms with Crippen LogP contribution in [0.5, 0.6) is 0 Å². The molecule has 0 heterocycles. The first-order valence-electron chi connectivity index (χ1n) is 7.77. The molecular formula is C17H27ClN2. The Kier molecular flexibility index (Phi) is 5.88. The van der Waals surface area contributed by atoms with Gasteiger partial charge in [-0.3, -0.25) is 4.90 Å². The number of hydrogen-bond acceptors (Lipinski definition) is 2. The van der Waals surface area contributed by atoms with Gasteiger partial charge in [0.05, 0.1) is 0 Å². The number of benzene rings is 1. The smallest absolute Gasteiger partial charge is 0.0406 e. The Labute approximate surface area is 128 Å². The standard InChI is InChI=1S/C17H27ClN2/c1-13(14-7-9-17(18)10-8-14)20(2)12-16-6-4-3-5-15(16)11-19/h7-10,13,15-16H,3-6,11-12,19H2,1-2H3. The first-order valence-corrected chi connectivity index (χ1v) is 8.15. The molecule has 0 bridgehead atoms. The highest BCUT2D eigenvalue weighted by Crippen LogP contribution is 2.31. The third-order valence-electron chi connectivity index (χ3n) is 4.91. The lowest BCUT2D eigenvalue weighted by atomic mass is 9.79. The van der Waals surface area contributed by atoms with Crippen LogP contribution in [0.25, 0.3) is 0 Å². The predicted molar refractivity (Wildman–Crippen MR) is 87.0 cm³/mol. The van der Waals surface area contributed by atoms with Crippen molar-refractivity contribution in [3.05, 3.63) is 34.9 Å². The van der Waals surface area contributed by atoms with Gasteiger partial charge in [0.2, 0.25) is 0 Å². The first kappa shape index (κ1) is 15.8.